The van der Waals surface area contributed by atoms with Gasteiger partial charge in [0.2, 0.25) is 0 Å². The van der Waals surface area contributed by atoms with Crippen LogP contribution in [-0.2, 0) is 13.0 Å². The van der Waals surface area contributed by atoms with Crippen molar-refractivity contribution in [2.24, 2.45) is 0 Å². The molecule has 0 unspecified atom stereocenters. The van der Waals surface area contributed by atoms with E-state index in [9.17, 15) is 10.2 Å². The van der Waals surface area contributed by atoms with Crippen molar-refractivity contribution in [3.8, 4) is 34.0 Å². The van der Waals surface area contributed by atoms with E-state index in [4.69, 9.17) is 4.98 Å². The molecule has 4 rings (SSSR count). The van der Waals surface area contributed by atoms with Gasteiger partial charge in [0.15, 0.2) is 0 Å². The maximum absolute atomic E-state index is 9.51. The predicted molar refractivity (Wildman–Crippen MR) is 84.7 cm³/mol. The zero-order valence-electron chi connectivity index (χ0n) is 12.0. The molecule has 0 amide bonds. The zero-order chi connectivity index (χ0) is 15.1. The number of rotatable bonds is 2. The molecule has 2 N–H and O–H groups in total. The first kappa shape index (κ1) is 13.0. The minimum Gasteiger partial charge on any atom is -0.508 e. The molecule has 0 saturated heterocycles. The largest absolute Gasteiger partial charge is 0.508 e. The number of phenolic OH excluding ortho intramolecular Hbond substituents is 2. The average molecular weight is 292 g/mol. The van der Waals surface area contributed by atoms with Gasteiger partial charge in [-0.1, -0.05) is 0 Å². The SMILES string of the molecule is Oc1ccc(-c2nc3n(c2-c2ccc(O)cc2)CCC3)cc1. The average Bonchev–Trinajstić information content (AvgIpc) is 3.10. The summed E-state index contributed by atoms with van der Waals surface area (Å²) in [7, 11) is 0. The summed E-state index contributed by atoms with van der Waals surface area (Å²) >= 11 is 0. The number of nitrogens with zero attached hydrogens (tertiary/aromatic N) is 2. The van der Waals surface area contributed by atoms with Crippen molar-refractivity contribution in [2.45, 2.75) is 19.4 Å². The van der Waals surface area contributed by atoms with Gasteiger partial charge < -0.3 is 14.8 Å². The zero-order valence-corrected chi connectivity index (χ0v) is 12.0. The molecule has 2 heterocycles. The van der Waals surface area contributed by atoms with Crippen LogP contribution in [0.5, 0.6) is 11.5 Å². The molecule has 0 spiro atoms. The molecule has 3 aromatic rings. The molecular formula is C18H16N2O2. The Morgan fingerprint density at radius 2 is 1.41 bits per heavy atom. The fraction of sp³-hybridized carbons (Fsp3) is 0.167. The van der Waals surface area contributed by atoms with Gasteiger partial charge in [-0.15, -0.1) is 0 Å². The topological polar surface area (TPSA) is 58.3 Å². The van der Waals surface area contributed by atoms with Gasteiger partial charge in [-0.05, 0) is 55.0 Å². The number of aryl methyl sites for hydroxylation is 1. The minimum absolute atomic E-state index is 0.252. The Hall–Kier alpha value is -2.75. The van der Waals surface area contributed by atoms with Crippen molar-refractivity contribution in [1.29, 1.82) is 0 Å². The molecule has 0 fully saturated rings. The summed E-state index contributed by atoms with van der Waals surface area (Å²) < 4.78 is 2.26. The van der Waals surface area contributed by atoms with Crippen LogP contribution in [0.25, 0.3) is 22.5 Å². The normalized spacial score (nSPS) is 13.3. The second kappa shape index (κ2) is 4.91. The van der Waals surface area contributed by atoms with Crippen LogP contribution in [0.4, 0.5) is 0 Å². The molecule has 0 radical (unpaired) electrons. The molecule has 1 aliphatic rings. The van der Waals surface area contributed by atoms with E-state index in [0.29, 0.717) is 0 Å². The van der Waals surface area contributed by atoms with E-state index in [-0.39, 0.29) is 11.5 Å². The first-order chi connectivity index (χ1) is 10.7. The molecule has 0 bridgehead atoms. The Bertz CT molecular complexity index is 818. The van der Waals surface area contributed by atoms with Gasteiger partial charge in [-0.25, -0.2) is 4.98 Å². The smallest absolute Gasteiger partial charge is 0.115 e. The van der Waals surface area contributed by atoms with Crippen molar-refractivity contribution in [1.82, 2.24) is 9.55 Å². The Morgan fingerprint density at radius 1 is 0.818 bits per heavy atom. The lowest BCUT2D eigenvalue weighted by molar-refractivity contribution is 0.475. The number of fused-ring (bicyclic) bond motifs is 1. The lowest BCUT2D eigenvalue weighted by Gasteiger charge is -2.09. The molecule has 22 heavy (non-hydrogen) atoms. The molecule has 2 aromatic carbocycles. The Morgan fingerprint density at radius 3 is 2.05 bits per heavy atom. The van der Waals surface area contributed by atoms with Crippen molar-refractivity contribution < 1.29 is 10.2 Å². The highest BCUT2D eigenvalue weighted by atomic mass is 16.3. The molecule has 1 aromatic heterocycles. The van der Waals surface area contributed by atoms with Crippen LogP contribution in [0.2, 0.25) is 0 Å². The molecule has 0 atom stereocenters. The maximum atomic E-state index is 9.51. The third kappa shape index (κ3) is 2.04. The number of hydrogen-bond donors (Lipinski definition) is 2. The quantitative estimate of drug-likeness (QED) is 0.759. The number of phenols is 2. The maximum Gasteiger partial charge on any atom is 0.115 e. The Labute approximate surface area is 128 Å². The molecule has 110 valence electrons. The van der Waals surface area contributed by atoms with Crippen LogP contribution < -0.4 is 0 Å². The van der Waals surface area contributed by atoms with Gasteiger partial charge in [0.05, 0.1) is 11.4 Å². The predicted octanol–water partition coefficient (Wildman–Crippen LogP) is 3.57. The lowest BCUT2D eigenvalue weighted by Crippen LogP contribution is -1.96. The third-order valence-electron chi connectivity index (χ3n) is 4.11. The van der Waals surface area contributed by atoms with Gasteiger partial charge in [-0.3, -0.25) is 0 Å². The van der Waals surface area contributed by atoms with Crippen LogP contribution in [0.3, 0.4) is 0 Å². The fourth-order valence-electron chi connectivity index (χ4n) is 3.06. The first-order valence-corrected chi connectivity index (χ1v) is 7.40. The molecule has 0 aliphatic carbocycles. The van der Waals surface area contributed by atoms with Gasteiger partial charge in [-0.2, -0.15) is 0 Å². The van der Waals surface area contributed by atoms with E-state index in [1.165, 1.54) is 0 Å². The second-order valence-corrected chi connectivity index (χ2v) is 5.57. The summed E-state index contributed by atoms with van der Waals surface area (Å²) in [6.07, 6.45) is 2.10. The Kier molecular flexibility index (Phi) is 2.89. The number of hydrogen-bond acceptors (Lipinski definition) is 3. The highest BCUT2D eigenvalue weighted by Gasteiger charge is 2.23. The van der Waals surface area contributed by atoms with Crippen molar-refractivity contribution in [3.05, 3.63) is 54.4 Å². The van der Waals surface area contributed by atoms with Gasteiger partial charge >= 0.3 is 0 Å². The minimum atomic E-state index is 0.252. The Balaban J connectivity index is 1.92. The van der Waals surface area contributed by atoms with E-state index < -0.39 is 0 Å². The van der Waals surface area contributed by atoms with Crippen LogP contribution in [0.1, 0.15) is 12.2 Å². The highest BCUT2D eigenvalue weighted by Crippen LogP contribution is 2.36. The van der Waals surface area contributed by atoms with Gasteiger partial charge in [0, 0.05) is 24.1 Å². The summed E-state index contributed by atoms with van der Waals surface area (Å²) in [6.45, 7) is 0.969. The van der Waals surface area contributed by atoms with E-state index in [2.05, 4.69) is 4.57 Å². The number of benzene rings is 2. The molecule has 0 saturated carbocycles. The monoisotopic (exact) mass is 292 g/mol. The van der Waals surface area contributed by atoms with Crippen LogP contribution in [-0.4, -0.2) is 19.8 Å². The molecular weight excluding hydrogens is 276 g/mol. The molecule has 1 aliphatic heterocycles. The summed E-state index contributed by atoms with van der Waals surface area (Å²) in [5, 5.41) is 19.0. The molecule has 4 nitrogen and oxygen atoms in total. The van der Waals surface area contributed by atoms with E-state index in [0.717, 1.165) is 47.7 Å². The van der Waals surface area contributed by atoms with Crippen LogP contribution >= 0.6 is 0 Å². The lowest BCUT2D eigenvalue weighted by atomic mass is 10.0. The van der Waals surface area contributed by atoms with Crippen LogP contribution in [0, 0.1) is 0 Å². The first-order valence-electron chi connectivity index (χ1n) is 7.40. The third-order valence-corrected chi connectivity index (χ3v) is 4.11. The van der Waals surface area contributed by atoms with Crippen molar-refractivity contribution in [3.63, 3.8) is 0 Å². The van der Waals surface area contributed by atoms with Gasteiger partial charge in [0.25, 0.3) is 0 Å². The van der Waals surface area contributed by atoms with Gasteiger partial charge in [0.1, 0.15) is 17.3 Å². The van der Waals surface area contributed by atoms with Crippen LogP contribution in [0.15, 0.2) is 48.5 Å². The fourth-order valence-corrected chi connectivity index (χ4v) is 3.06. The summed E-state index contributed by atoms with van der Waals surface area (Å²) in [6, 6.07) is 14.4. The van der Waals surface area contributed by atoms with E-state index in [1.807, 2.05) is 24.3 Å². The number of aromatic nitrogens is 2. The van der Waals surface area contributed by atoms with E-state index in [1.54, 1.807) is 24.3 Å². The standard InChI is InChI=1S/C18H16N2O2/c21-14-7-3-12(4-8-14)17-18(13-5-9-15(22)10-6-13)20-11-1-2-16(20)19-17/h3-10,21-22H,1-2,11H2. The summed E-state index contributed by atoms with van der Waals surface area (Å²) in [5.41, 5.74) is 4.04. The van der Waals surface area contributed by atoms with Crippen molar-refractivity contribution in [2.75, 3.05) is 0 Å². The van der Waals surface area contributed by atoms with E-state index >= 15 is 0 Å². The highest BCUT2D eigenvalue weighted by molar-refractivity contribution is 5.79. The number of aromatic hydroxyl groups is 2. The second-order valence-electron chi connectivity index (χ2n) is 5.57. The molecule has 4 heteroatoms. The van der Waals surface area contributed by atoms with Crippen molar-refractivity contribution >= 4 is 0 Å². The summed E-state index contributed by atoms with van der Waals surface area (Å²) in [5.74, 6) is 1.61. The summed E-state index contributed by atoms with van der Waals surface area (Å²) in [4.78, 5) is 4.81. The number of imidazole rings is 1.